The molecule has 0 saturated carbocycles. The van der Waals surface area contributed by atoms with Gasteiger partial charge in [0, 0.05) is 16.8 Å². The molecule has 4 nitrogen and oxygen atoms in total. The van der Waals surface area contributed by atoms with Gasteiger partial charge in [-0.3, -0.25) is 0 Å². The standard InChI is InChI=1S/C15H17N3O/c1-10-12(16)6-4-8-14(10)19-15-11-5-2-3-7-13(11)17-9-18-15/h4,6,8-9H,2-3,5,7,16H2,1H3. The Morgan fingerprint density at radius 1 is 1.16 bits per heavy atom. The molecule has 19 heavy (non-hydrogen) atoms. The number of rotatable bonds is 2. The molecule has 2 aromatic rings. The molecule has 0 unspecified atom stereocenters. The SMILES string of the molecule is Cc1c(N)cccc1Oc1ncnc2c1CCCC2. The summed E-state index contributed by atoms with van der Waals surface area (Å²) in [7, 11) is 0. The lowest BCUT2D eigenvalue weighted by Crippen LogP contribution is -2.08. The van der Waals surface area contributed by atoms with Crippen molar-refractivity contribution in [3.63, 3.8) is 0 Å². The highest BCUT2D eigenvalue weighted by molar-refractivity contribution is 5.54. The third-order valence-electron chi connectivity index (χ3n) is 3.62. The van der Waals surface area contributed by atoms with E-state index in [0.29, 0.717) is 5.88 Å². The van der Waals surface area contributed by atoms with Gasteiger partial charge >= 0.3 is 0 Å². The van der Waals surface area contributed by atoms with Crippen molar-refractivity contribution in [1.29, 1.82) is 0 Å². The van der Waals surface area contributed by atoms with Gasteiger partial charge in [0.25, 0.3) is 0 Å². The van der Waals surface area contributed by atoms with Crippen LogP contribution in [0.1, 0.15) is 29.7 Å². The summed E-state index contributed by atoms with van der Waals surface area (Å²) in [5.74, 6) is 1.45. The molecule has 0 saturated heterocycles. The Hall–Kier alpha value is -2.10. The second-order valence-corrected chi connectivity index (χ2v) is 4.88. The van der Waals surface area contributed by atoms with Gasteiger partial charge in [0.05, 0.1) is 5.69 Å². The number of nitrogen functional groups attached to an aromatic ring is 1. The predicted octanol–water partition coefficient (Wildman–Crippen LogP) is 3.04. The predicted molar refractivity (Wildman–Crippen MR) is 74.3 cm³/mol. The normalized spacial score (nSPS) is 13.9. The lowest BCUT2D eigenvalue weighted by atomic mass is 9.97. The van der Waals surface area contributed by atoms with Crippen molar-refractivity contribution in [2.75, 3.05) is 5.73 Å². The van der Waals surface area contributed by atoms with E-state index in [0.717, 1.165) is 41.1 Å². The van der Waals surface area contributed by atoms with E-state index in [1.807, 2.05) is 25.1 Å². The van der Waals surface area contributed by atoms with E-state index in [-0.39, 0.29) is 0 Å². The van der Waals surface area contributed by atoms with Crippen LogP contribution in [0.4, 0.5) is 5.69 Å². The summed E-state index contributed by atoms with van der Waals surface area (Å²) >= 11 is 0. The summed E-state index contributed by atoms with van der Waals surface area (Å²) < 4.78 is 5.96. The Labute approximate surface area is 112 Å². The van der Waals surface area contributed by atoms with Crippen LogP contribution in [0.2, 0.25) is 0 Å². The van der Waals surface area contributed by atoms with Gasteiger partial charge in [-0.05, 0) is 44.7 Å². The molecule has 1 aliphatic rings. The number of aromatic nitrogens is 2. The first-order valence-electron chi connectivity index (χ1n) is 6.61. The van der Waals surface area contributed by atoms with E-state index >= 15 is 0 Å². The molecule has 1 aromatic carbocycles. The van der Waals surface area contributed by atoms with E-state index in [9.17, 15) is 0 Å². The average molecular weight is 255 g/mol. The molecule has 0 amide bonds. The molecular formula is C15H17N3O. The fourth-order valence-electron chi connectivity index (χ4n) is 2.43. The van der Waals surface area contributed by atoms with Crippen LogP contribution in [0.15, 0.2) is 24.5 Å². The van der Waals surface area contributed by atoms with Gasteiger partial charge < -0.3 is 10.5 Å². The monoisotopic (exact) mass is 255 g/mol. The molecule has 0 spiro atoms. The number of fused-ring (bicyclic) bond motifs is 1. The van der Waals surface area contributed by atoms with Gasteiger partial charge in [0.1, 0.15) is 12.1 Å². The number of hydrogen-bond donors (Lipinski definition) is 1. The molecule has 1 heterocycles. The molecule has 0 radical (unpaired) electrons. The molecule has 98 valence electrons. The molecule has 3 rings (SSSR count). The van der Waals surface area contributed by atoms with Gasteiger partial charge in [-0.1, -0.05) is 6.07 Å². The third-order valence-corrected chi connectivity index (χ3v) is 3.62. The first-order chi connectivity index (χ1) is 9.25. The molecule has 4 heteroatoms. The smallest absolute Gasteiger partial charge is 0.225 e. The number of ether oxygens (including phenoxy) is 1. The maximum absolute atomic E-state index is 5.96. The van der Waals surface area contributed by atoms with Crippen molar-refractivity contribution >= 4 is 5.69 Å². The minimum atomic E-state index is 0.679. The van der Waals surface area contributed by atoms with Crippen molar-refractivity contribution in [2.24, 2.45) is 0 Å². The van der Waals surface area contributed by atoms with Crippen molar-refractivity contribution in [2.45, 2.75) is 32.6 Å². The second-order valence-electron chi connectivity index (χ2n) is 4.88. The van der Waals surface area contributed by atoms with Crippen molar-refractivity contribution < 1.29 is 4.74 Å². The van der Waals surface area contributed by atoms with Gasteiger partial charge in [-0.15, -0.1) is 0 Å². The third kappa shape index (κ3) is 2.26. The Kier molecular flexibility index (Phi) is 3.07. The Morgan fingerprint density at radius 3 is 2.89 bits per heavy atom. The van der Waals surface area contributed by atoms with Gasteiger partial charge in [0.2, 0.25) is 5.88 Å². The molecule has 0 bridgehead atoms. The van der Waals surface area contributed by atoms with Crippen LogP contribution in [-0.4, -0.2) is 9.97 Å². The number of nitrogens with zero attached hydrogens (tertiary/aromatic N) is 2. The summed E-state index contributed by atoms with van der Waals surface area (Å²) in [6, 6.07) is 5.69. The number of nitrogens with two attached hydrogens (primary N) is 1. The van der Waals surface area contributed by atoms with Gasteiger partial charge in [-0.2, -0.15) is 0 Å². The van der Waals surface area contributed by atoms with Crippen LogP contribution in [0.5, 0.6) is 11.6 Å². The Bertz CT molecular complexity index is 610. The zero-order chi connectivity index (χ0) is 13.2. The van der Waals surface area contributed by atoms with E-state index in [4.69, 9.17) is 10.5 Å². The Balaban J connectivity index is 1.97. The summed E-state index contributed by atoms with van der Waals surface area (Å²) in [4.78, 5) is 8.63. The largest absolute Gasteiger partial charge is 0.438 e. The Morgan fingerprint density at radius 2 is 2.00 bits per heavy atom. The van der Waals surface area contributed by atoms with Crippen LogP contribution in [0.3, 0.4) is 0 Å². The van der Waals surface area contributed by atoms with Crippen LogP contribution >= 0.6 is 0 Å². The number of anilines is 1. The summed E-state index contributed by atoms with van der Waals surface area (Å²) in [5.41, 5.74) is 9.86. The van der Waals surface area contributed by atoms with E-state index < -0.39 is 0 Å². The molecule has 1 aliphatic carbocycles. The second kappa shape index (κ2) is 4.88. The summed E-state index contributed by atoms with van der Waals surface area (Å²) in [6.07, 6.45) is 5.96. The maximum Gasteiger partial charge on any atom is 0.225 e. The molecule has 1 aromatic heterocycles. The van der Waals surface area contributed by atoms with Gasteiger partial charge in [0.15, 0.2) is 0 Å². The lowest BCUT2D eigenvalue weighted by Gasteiger charge is -2.18. The minimum Gasteiger partial charge on any atom is -0.438 e. The number of hydrogen-bond acceptors (Lipinski definition) is 4. The fraction of sp³-hybridized carbons (Fsp3) is 0.333. The highest BCUT2D eigenvalue weighted by Gasteiger charge is 2.17. The van der Waals surface area contributed by atoms with Crippen molar-refractivity contribution in [3.05, 3.63) is 41.3 Å². The van der Waals surface area contributed by atoms with Crippen LogP contribution in [0, 0.1) is 6.92 Å². The van der Waals surface area contributed by atoms with Crippen molar-refractivity contribution in [1.82, 2.24) is 9.97 Å². The molecule has 0 aliphatic heterocycles. The van der Waals surface area contributed by atoms with Crippen molar-refractivity contribution in [3.8, 4) is 11.6 Å². The highest BCUT2D eigenvalue weighted by Crippen LogP contribution is 2.32. The molecule has 2 N–H and O–H groups in total. The van der Waals surface area contributed by atoms with E-state index in [1.54, 1.807) is 6.33 Å². The summed E-state index contributed by atoms with van der Waals surface area (Å²) in [5, 5.41) is 0. The highest BCUT2D eigenvalue weighted by atomic mass is 16.5. The molecular weight excluding hydrogens is 238 g/mol. The molecule has 0 atom stereocenters. The van der Waals surface area contributed by atoms with E-state index in [2.05, 4.69) is 9.97 Å². The first-order valence-corrected chi connectivity index (χ1v) is 6.61. The topological polar surface area (TPSA) is 61.0 Å². The maximum atomic E-state index is 5.96. The first kappa shape index (κ1) is 12.0. The van der Waals surface area contributed by atoms with Gasteiger partial charge in [-0.25, -0.2) is 9.97 Å². The van der Waals surface area contributed by atoms with Crippen LogP contribution in [-0.2, 0) is 12.8 Å². The number of aryl methyl sites for hydroxylation is 1. The zero-order valence-corrected chi connectivity index (χ0v) is 11.0. The summed E-state index contributed by atoms with van der Waals surface area (Å²) in [6.45, 7) is 1.96. The van der Waals surface area contributed by atoms with Crippen LogP contribution < -0.4 is 10.5 Å². The van der Waals surface area contributed by atoms with E-state index in [1.165, 1.54) is 12.8 Å². The lowest BCUT2D eigenvalue weighted by molar-refractivity contribution is 0.444. The van der Waals surface area contributed by atoms with Crippen LogP contribution in [0.25, 0.3) is 0 Å². The number of benzene rings is 1. The quantitative estimate of drug-likeness (QED) is 0.838. The average Bonchev–Trinajstić information content (AvgIpc) is 2.44. The fourth-order valence-corrected chi connectivity index (χ4v) is 2.43. The molecule has 0 fully saturated rings. The zero-order valence-electron chi connectivity index (χ0n) is 11.0. The minimum absolute atomic E-state index is 0.679.